The van der Waals surface area contributed by atoms with Gasteiger partial charge in [0.25, 0.3) is 0 Å². The van der Waals surface area contributed by atoms with Crippen LogP contribution in [0.3, 0.4) is 0 Å². The van der Waals surface area contributed by atoms with E-state index in [1.54, 1.807) is 0 Å². The first-order chi connectivity index (χ1) is 7.53. The van der Waals surface area contributed by atoms with Crippen LogP contribution in [0.5, 0.6) is 5.75 Å². The van der Waals surface area contributed by atoms with E-state index in [1.165, 1.54) is 0 Å². The number of aliphatic hydroxyl groups is 1. The third kappa shape index (κ3) is 4.67. The standard InChI is InChI=1S/C14H22O2/c1-14(2,3)9-11-16-13-7-5-4-6-12(13)8-10-15/h4-7,15H,8-11H2,1-3H3. The lowest BCUT2D eigenvalue weighted by Gasteiger charge is -2.19. The fraction of sp³-hybridized carbons (Fsp3) is 0.571. The van der Waals surface area contributed by atoms with Crippen LogP contribution in [0.1, 0.15) is 32.8 Å². The molecule has 0 spiro atoms. The quantitative estimate of drug-likeness (QED) is 0.829. The first kappa shape index (κ1) is 13.0. The summed E-state index contributed by atoms with van der Waals surface area (Å²) in [7, 11) is 0. The first-order valence-corrected chi connectivity index (χ1v) is 5.84. The molecular formula is C14H22O2. The van der Waals surface area contributed by atoms with E-state index in [4.69, 9.17) is 9.84 Å². The van der Waals surface area contributed by atoms with E-state index >= 15 is 0 Å². The maximum atomic E-state index is 8.94. The van der Waals surface area contributed by atoms with Crippen molar-refractivity contribution in [2.75, 3.05) is 13.2 Å². The van der Waals surface area contributed by atoms with E-state index in [2.05, 4.69) is 20.8 Å². The fourth-order valence-corrected chi connectivity index (χ4v) is 1.44. The zero-order valence-electron chi connectivity index (χ0n) is 10.5. The maximum Gasteiger partial charge on any atom is 0.122 e. The molecule has 90 valence electrons. The average molecular weight is 222 g/mol. The van der Waals surface area contributed by atoms with Gasteiger partial charge in [0.15, 0.2) is 0 Å². The predicted octanol–water partition coefficient (Wildman–Crippen LogP) is 3.04. The molecule has 0 aliphatic rings. The molecule has 1 rings (SSSR count). The summed E-state index contributed by atoms with van der Waals surface area (Å²) in [5.74, 6) is 0.904. The molecule has 0 unspecified atom stereocenters. The van der Waals surface area contributed by atoms with Crippen LogP contribution in [-0.2, 0) is 6.42 Å². The largest absolute Gasteiger partial charge is 0.493 e. The van der Waals surface area contributed by atoms with Crippen molar-refractivity contribution < 1.29 is 9.84 Å². The monoisotopic (exact) mass is 222 g/mol. The second-order valence-electron chi connectivity index (χ2n) is 5.24. The molecule has 0 fully saturated rings. The highest BCUT2D eigenvalue weighted by Gasteiger charge is 2.10. The summed E-state index contributed by atoms with van der Waals surface area (Å²) in [4.78, 5) is 0. The third-order valence-corrected chi connectivity index (χ3v) is 2.46. The predicted molar refractivity (Wildman–Crippen MR) is 66.8 cm³/mol. The number of rotatable bonds is 5. The summed E-state index contributed by atoms with van der Waals surface area (Å²) in [6.45, 7) is 7.51. The smallest absolute Gasteiger partial charge is 0.122 e. The summed E-state index contributed by atoms with van der Waals surface area (Å²) >= 11 is 0. The van der Waals surface area contributed by atoms with E-state index in [1.807, 2.05) is 24.3 Å². The summed E-state index contributed by atoms with van der Waals surface area (Å²) < 4.78 is 5.75. The number of hydrogen-bond donors (Lipinski definition) is 1. The second-order valence-corrected chi connectivity index (χ2v) is 5.24. The molecule has 1 aromatic carbocycles. The van der Waals surface area contributed by atoms with Crippen LogP contribution in [0.25, 0.3) is 0 Å². The Balaban J connectivity index is 2.52. The highest BCUT2D eigenvalue weighted by molar-refractivity contribution is 5.33. The van der Waals surface area contributed by atoms with Gasteiger partial charge in [-0.25, -0.2) is 0 Å². The van der Waals surface area contributed by atoms with Gasteiger partial charge in [-0.15, -0.1) is 0 Å². The molecule has 0 amide bonds. The second kappa shape index (κ2) is 5.90. The van der Waals surface area contributed by atoms with Gasteiger partial charge in [0.2, 0.25) is 0 Å². The Morgan fingerprint density at radius 1 is 1.19 bits per heavy atom. The van der Waals surface area contributed by atoms with Gasteiger partial charge in [-0.05, 0) is 29.9 Å². The maximum absolute atomic E-state index is 8.94. The summed E-state index contributed by atoms with van der Waals surface area (Å²) in [5, 5.41) is 8.94. The van der Waals surface area contributed by atoms with Crippen molar-refractivity contribution in [2.45, 2.75) is 33.6 Å². The van der Waals surface area contributed by atoms with Crippen LogP contribution in [0.4, 0.5) is 0 Å². The van der Waals surface area contributed by atoms with Gasteiger partial charge >= 0.3 is 0 Å². The molecule has 0 saturated heterocycles. The molecule has 2 heteroatoms. The Labute approximate surface area is 98.3 Å². The van der Waals surface area contributed by atoms with Crippen LogP contribution >= 0.6 is 0 Å². The molecule has 0 aromatic heterocycles. The van der Waals surface area contributed by atoms with Crippen LogP contribution in [-0.4, -0.2) is 18.3 Å². The minimum absolute atomic E-state index is 0.166. The van der Waals surface area contributed by atoms with E-state index in [0.29, 0.717) is 11.8 Å². The summed E-state index contributed by atoms with van der Waals surface area (Å²) in [6, 6.07) is 7.91. The van der Waals surface area contributed by atoms with Gasteiger partial charge in [0.1, 0.15) is 5.75 Å². The van der Waals surface area contributed by atoms with Gasteiger partial charge in [0, 0.05) is 6.61 Å². The normalized spacial score (nSPS) is 11.5. The zero-order chi connectivity index (χ0) is 12.0. The van der Waals surface area contributed by atoms with Crippen molar-refractivity contribution in [1.82, 2.24) is 0 Å². The molecular weight excluding hydrogens is 200 g/mol. The third-order valence-electron chi connectivity index (χ3n) is 2.46. The minimum atomic E-state index is 0.166. The lowest BCUT2D eigenvalue weighted by molar-refractivity contribution is 0.239. The van der Waals surface area contributed by atoms with Crippen molar-refractivity contribution >= 4 is 0 Å². The molecule has 16 heavy (non-hydrogen) atoms. The van der Waals surface area contributed by atoms with Crippen molar-refractivity contribution in [3.63, 3.8) is 0 Å². The van der Waals surface area contributed by atoms with Gasteiger partial charge in [-0.3, -0.25) is 0 Å². The number of ether oxygens (including phenoxy) is 1. The average Bonchev–Trinajstić information content (AvgIpc) is 2.19. The Morgan fingerprint density at radius 2 is 1.88 bits per heavy atom. The SMILES string of the molecule is CC(C)(C)CCOc1ccccc1CCO. The van der Waals surface area contributed by atoms with E-state index in [-0.39, 0.29) is 6.61 Å². The first-order valence-electron chi connectivity index (χ1n) is 5.84. The topological polar surface area (TPSA) is 29.5 Å². The molecule has 0 radical (unpaired) electrons. The number of para-hydroxylation sites is 1. The van der Waals surface area contributed by atoms with Gasteiger partial charge in [0.05, 0.1) is 6.61 Å². The summed E-state index contributed by atoms with van der Waals surface area (Å²) in [6.07, 6.45) is 1.69. The number of benzene rings is 1. The Bertz CT molecular complexity index is 313. The molecule has 0 atom stereocenters. The molecule has 1 N–H and O–H groups in total. The molecule has 0 saturated carbocycles. The summed E-state index contributed by atoms with van der Waals surface area (Å²) in [5.41, 5.74) is 1.38. The molecule has 0 aliphatic carbocycles. The van der Waals surface area contributed by atoms with Crippen LogP contribution in [0, 0.1) is 5.41 Å². The molecule has 0 aliphatic heterocycles. The van der Waals surface area contributed by atoms with Crippen LogP contribution in [0.2, 0.25) is 0 Å². The van der Waals surface area contributed by atoms with Crippen LogP contribution < -0.4 is 4.74 Å². The Morgan fingerprint density at radius 3 is 2.50 bits per heavy atom. The van der Waals surface area contributed by atoms with Gasteiger partial charge in [-0.2, -0.15) is 0 Å². The molecule has 0 heterocycles. The number of aliphatic hydroxyl groups excluding tert-OH is 1. The van der Waals surface area contributed by atoms with E-state index in [0.717, 1.165) is 24.3 Å². The van der Waals surface area contributed by atoms with Crippen molar-refractivity contribution in [1.29, 1.82) is 0 Å². The highest BCUT2D eigenvalue weighted by Crippen LogP contribution is 2.22. The lowest BCUT2D eigenvalue weighted by Crippen LogP contribution is -2.11. The van der Waals surface area contributed by atoms with E-state index < -0.39 is 0 Å². The minimum Gasteiger partial charge on any atom is -0.493 e. The highest BCUT2D eigenvalue weighted by atomic mass is 16.5. The zero-order valence-corrected chi connectivity index (χ0v) is 10.5. The Kier molecular flexibility index (Phi) is 4.81. The molecule has 0 bridgehead atoms. The van der Waals surface area contributed by atoms with Crippen molar-refractivity contribution in [3.8, 4) is 5.75 Å². The molecule has 1 aromatic rings. The van der Waals surface area contributed by atoms with Gasteiger partial charge < -0.3 is 9.84 Å². The Hall–Kier alpha value is -1.02. The fourth-order valence-electron chi connectivity index (χ4n) is 1.44. The van der Waals surface area contributed by atoms with Crippen molar-refractivity contribution in [3.05, 3.63) is 29.8 Å². The number of hydrogen-bond acceptors (Lipinski definition) is 2. The van der Waals surface area contributed by atoms with E-state index in [9.17, 15) is 0 Å². The lowest BCUT2D eigenvalue weighted by atomic mass is 9.93. The van der Waals surface area contributed by atoms with Crippen molar-refractivity contribution in [2.24, 2.45) is 5.41 Å². The van der Waals surface area contributed by atoms with Crippen LogP contribution in [0.15, 0.2) is 24.3 Å². The van der Waals surface area contributed by atoms with Gasteiger partial charge in [-0.1, -0.05) is 39.0 Å². The molecule has 2 nitrogen and oxygen atoms in total.